The molecule has 1 amide bonds. The van der Waals surface area contributed by atoms with Crippen LogP contribution in [0.5, 0.6) is 0 Å². The summed E-state index contributed by atoms with van der Waals surface area (Å²) < 4.78 is 0. The summed E-state index contributed by atoms with van der Waals surface area (Å²) in [7, 11) is 0. The van der Waals surface area contributed by atoms with Crippen LogP contribution in [-0.4, -0.2) is 26.8 Å². The molecule has 3 heterocycles. The quantitative estimate of drug-likeness (QED) is 0.326. The van der Waals surface area contributed by atoms with E-state index in [9.17, 15) is 14.7 Å². The maximum Gasteiger partial charge on any atom is 0.294 e. The molecule has 0 bridgehead atoms. The lowest BCUT2D eigenvalue weighted by Gasteiger charge is -2.27. The molecule has 6 nitrogen and oxygen atoms in total. The Morgan fingerprint density at radius 2 is 1.77 bits per heavy atom. The van der Waals surface area contributed by atoms with Gasteiger partial charge in [-0.2, -0.15) is 0 Å². The van der Waals surface area contributed by atoms with Crippen molar-refractivity contribution in [3.63, 3.8) is 0 Å². The molecule has 1 atom stereocenters. The smallest absolute Gasteiger partial charge is 0.294 e. The van der Waals surface area contributed by atoms with Crippen LogP contribution < -0.4 is 4.90 Å². The molecule has 4 aromatic rings. The molecular formula is C27H20ClN3O3S. The maximum atomic E-state index is 13.9. The first-order valence-electron chi connectivity index (χ1n) is 10.9. The van der Waals surface area contributed by atoms with E-state index in [0.717, 1.165) is 11.1 Å². The van der Waals surface area contributed by atoms with Crippen LogP contribution >= 0.6 is 22.9 Å². The molecule has 1 aliphatic rings. The lowest BCUT2D eigenvalue weighted by atomic mass is 9.95. The number of benzene rings is 2. The van der Waals surface area contributed by atoms with Crippen molar-refractivity contribution < 1.29 is 14.7 Å². The summed E-state index contributed by atoms with van der Waals surface area (Å²) in [5.74, 6) is -1.68. The maximum absolute atomic E-state index is 13.9. The number of pyridine rings is 1. The van der Waals surface area contributed by atoms with E-state index in [0.29, 0.717) is 31.9 Å². The monoisotopic (exact) mass is 501 g/mol. The van der Waals surface area contributed by atoms with Crippen LogP contribution in [0.3, 0.4) is 0 Å². The summed E-state index contributed by atoms with van der Waals surface area (Å²) in [6, 6.07) is 17.4. The molecule has 1 N–H and O–H groups in total. The molecule has 2 aromatic heterocycles. The number of aromatic nitrogens is 2. The minimum absolute atomic E-state index is 0.00394. The number of carbonyl (C=O) groups is 2. The van der Waals surface area contributed by atoms with Crippen molar-refractivity contribution in [1.29, 1.82) is 0 Å². The van der Waals surface area contributed by atoms with Crippen LogP contribution in [0.4, 0.5) is 5.69 Å². The molecule has 2 aromatic carbocycles. The van der Waals surface area contributed by atoms with Gasteiger partial charge in [-0.1, -0.05) is 48.0 Å². The Balaban J connectivity index is 1.63. The first-order chi connectivity index (χ1) is 16.9. The number of halogens is 1. The molecule has 35 heavy (non-hydrogen) atoms. The molecule has 1 unspecified atom stereocenters. The molecule has 5 rings (SSSR count). The Morgan fingerprint density at radius 3 is 2.46 bits per heavy atom. The van der Waals surface area contributed by atoms with Gasteiger partial charge < -0.3 is 5.11 Å². The van der Waals surface area contributed by atoms with Crippen molar-refractivity contribution in [1.82, 2.24) is 9.97 Å². The Labute approximate surface area is 211 Å². The minimum Gasteiger partial charge on any atom is -0.503 e. The second-order valence-electron chi connectivity index (χ2n) is 8.18. The standard InChI is InChI=1S/C27H20ClN3O3S/c1-15-8-9-19(14-20(15)28)31-22(17-10-12-29-13-11-17)21(24(33)27(31)34)23(32)25-16(2)30-26(35-25)18-6-4-3-5-7-18/h3-14,22,33H,1-2H3. The number of ketones is 1. The van der Waals surface area contributed by atoms with Gasteiger partial charge in [0.05, 0.1) is 22.2 Å². The van der Waals surface area contributed by atoms with E-state index in [1.54, 1.807) is 49.6 Å². The largest absolute Gasteiger partial charge is 0.503 e. The highest BCUT2D eigenvalue weighted by molar-refractivity contribution is 7.17. The molecule has 0 spiro atoms. The zero-order valence-electron chi connectivity index (χ0n) is 18.9. The van der Waals surface area contributed by atoms with Gasteiger partial charge in [0, 0.05) is 28.7 Å². The summed E-state index contributed by atoms with van der Waals surface area (Å²) in [5, 5.41) is 12.2. The number of thiazole rings is 1. The normalized spacial score (nSPS) is 15.7. The number of aliphatic hydroxyl groups excluding tert-OH is 1. The molecule has 0 aliphatic carbocycles. The highest BCUT2D eigenvalue weighted by atomic mass is 35.5. The van der Waals surface area contributed by atoms with E-state index in [1.165, 1.54) is 16.2 Å². The molecule has 0 radical (unpaired) electrons. The van der Waals surface area contributed by atoms with Gasteiger partial charge in [0.2, 0.25) is 5.78 Å². The molecule has 174 valence electrons. The van der Waals surface area contributed by atoms with Crippen LogP contribution in [0.25, 0.3) is 10.6 Å². The highest BCUT2D eigenvalue weighted by Gasteiger charge is 2.45. The highest BCUT2D eigenvalue weighted by Crippen LogP contribution is 2.43. The van der Waals surface area contributed by atoms with Crippen LogP contribution in [0.15, 0.2) is 84.4 Å². The van der Waals surface area contributed by atoms with Gasteiger partial charge in [-0.05, 0) is 49.2 Å². The average molecular weight is 502 g/mol. The van der Waals surface area contributed by atoms with Crippen molar-refractivity contribution in [3.05, 3.63) is 111 Å². The van der Waals surface area contributed by atoms with Gasteiger partial charge in [0.15, 0.2) is 5.76 Å². The molecule has 0 saturated heterocycles. The van der Waals surface area contributed by atoms with E-state index in [-0.39, 0.29) is 5.57 Å². The summed E-state index contributed by atoms with van der Waals surface area (Å²) >= 11 is 7.59. The number of aliphatic hydroxyl groups is 1. The lowest BCUT2D eigenvalue weighted by Crippen LogP contribution is -2.31. The van der Waals surface area contributed by atoms with Crippen molar-refractivity contribution in [3.8, 4) is 10.6 Å². The van der Waals surface area contributed by atoms with Crippen molar-refractivity contribution in [2.24, 2.45) is 0 Å². The topological polar surface area (TPSA) is 83.4 Å². The van der Waals surface area contributed by atoms with Gasteiger partial charge in [-0.25, -0.2) is 4.98 Å². The second-order valence-corrected chi connectivity index (χ2v) is 9.59. The number of carbonyl (C=O) groups excluding carboxylic acids is 2. The first-order valence-corrected chi connectivity index (χ1v) is 12.1. The molecule has 8 heteroatoms. The number of nitrogens with zero attached hydrogens (tertiary/aromatic N) is 3. The number of Topliss-reactive ketones (excluding diaryl/α,β-unsaturated/α-hetero) is 1. The van der Waals surface area contributed by atoms with E-state index >= 15 is 0 Å². The van der Waals surface area contributed by atoms with E-state index < -0.39 is 23.5 Å². The molecular weight excluding hydrogens is 482 g/mol. The Hall–Kier alpha value is -3.81. The predicted molar refractivity (Wildman–Crippen MR) is 137 cm³/mol. The fourth-order valence-electron chi connectivity index (χ4n) is 4.13. The van der Waals surface area contributed by atoms with E-state index in [1.807, 2.05) is 37.3 Å². The minimum atomic E-state index is -0.849. The third-order valence-corrected chi connectivity index (χ3v) is 7.54. The first kappa shape index (κ1) is 23.0. The zero-order chi connectivity index (χ0) is 24.7. The lowest BCUT2D eigenvalue weighted by molar-refractivity contribution is -0.117. The van der Waals surface area contributed by atoms with Crippen LogP contribution in [0.1, 0.15) is 32.5 Å². The van der Waals surface area contributed by atoms with Crippen molar-refractivity contribution in [2.75, 3.05) is 4.90 Å². The van der Waals surface area contributed by atoms with E-state index in [4.69, 9.17) is 11.6 Å². The number of anilines is 1. The Bertz CT molecular complexity index is 1480. The third-order valence-electron chi connectivity index (χ3n) is 5.93. The van der Waals surface area contributed by atoms with Crippen molar-refractivity contribution >= 4 is 40.3 Å². The van der Waals surface area contributed by atoms with Crippen LogP contribution in [0.2, 0.25) is 5.02 Å². The summed E-state index contributed by atoms with van der Waals surface area (Å²) in [6.45, 7) is 3.61. The van der Waals surface area contributed by atoms with Gasteiger partial charge in [-0.3, -0.25) is 19.5 Å². The number of hydrogen-bond donors (Lipinski definition) is 1. The number of rotatable bonds is 5. The van der Waals surface area contributed by atoms with Gasteiger partial charge in [0.1, 0.15) is 5.01 Å². The molecule has 0 saturated carbocycles. The summed E-state index contributed by atoms with van der Waals surface area (Å²) in [6.07, 6.45) is 3.17. The van der Waals surface area contributed by atoms with Crippen LogP contribution in [-0.2, 0) is 4.79 Å². The Kier molecular flexibility index (Phi) is 5.96. The van der Waals surface area contributed by atoms with Gasteiger partial charge in [-0.15, -0.1) is 11.3 Å². The third kappa shape index (κ3) is 4.03. The second kappa shape index (κ2) is 9.09. The zero-order valence-corrected chi connectivity index (χ0v) is 20.5. The van der Waals surface area contributed by atoms with Gasteiger partial charge in [0.25, 0.3) is 5.91 Å². The fourth-order valence-corrected chi connectivity index (χ4v) is 5.33. The fraction of sp³-hybridized carbons (Fsp3) is 0.111. The van der Waals surface area contributed by atoms with Crippen molar-refractivity contribution in [2.45, 2.75) is 19.9 Å². The van der Waals surface area contributed by atoms with Crippen LogP contribution in [0, 0.1) is 13.8 Å². The Morgan fingerprint density at radius 1 is 1.06 bits per heavy atom. The number of hydrogen-bond acceptors (Lipinski definition) is 6. The predicted octanol–water partition coefficient (Wildman–Crippen LogP) is 6.26. The van der Waals surface area contributed by atoms with E-state index in [2.05, 4.69) is 9.97 Å². The average Bonchev–Trinajstić information content (AvgIpc) is 3.39. The van der Waals surface area contributed by atoms with Gasteiger partial charge >= 0.3 is 0 Å². The SMILES string of the molecule is Cc1ccc(N2C(=O)C(O)=C(C(=O)c3sc(-c4ccccc4)nc3C)C2c2ccncc2)cc1Cl. The number of amides is 1. The summed E-state index contributed by atoms with van der Waals surface area (Å²) in [5.41, 5.74) is 3.41. The summed E-state index contributed by atoms with van der Waals surface area (Å²) in [4.78, 5) is 37.6. The number of aryl methyl sites for hydroxylation is 2. The molecule has 0 fully saturated rings. The molecule has 1 aliphatic heterocycles.